The van der Waals surface area contributed by atoms with Gasteiger partial charge in [0.05, 0.1) is 17.3 Å². The minimum absolute atomic E-state index is 0.453. The van der Waals surface area contributed by atoms with Crippen LogP contribution in [0.2, 0.25) is 5.15 Å². The molecule has 20 heavy (non-hydrogen) atoms. The molecule has 0 saturated carbocycles. The monoisotopic (exact) mass is 368 g/mol. The molecule has 0 radical (unpaired) electrons. The molecule has 0 amide bonds. The van der Waals surface area contributed by atoms with Gasteiger partial charge in [-0.25, -0.2) is 9.97 Å². The largest absolute Gasteiger partial charge is 0.250 e. The van der Waals surface area contributed by atoms with E-state index in [0.29, 0.717) is 16.7 Å². The zero-order valence-corrected chi connectivity index (χ0v) is 13.7. The van der Waals surface area contributed by atoms with Crippen LogP contribution in [0.15, 0.2) is 39.8 Å². The zero-order chi connectivity index (χ0) is 14.1. The third-order valence-electron chi connectivity index (χ3n) is 2.77. The van der Waals surface area contributed by atoms with Crippen LogP contribution in [0.5, 0.6) is 0 Å². The molecule has 102 valence electrons. The van der Waals surface area contributed by atoms with E-state index in [1.807, 2.05) is 19.2 Å². The van der Waals surface area contributed by atoms with Crippen molar-refractivity contribution in [3.05, 3.63) is 45.9 Å². The summed E-state index contributed by atoms with van der Waals surface area (Å²) in [5.41, 5.74) is 0.761. The van der Waals surface area contributed by atoms with Crippen molar-refractivity contribution in [3.63, 3.8) is 0 Å². The zero-order valence-electron chi connectivity index (χ0n) is 10.5. The number of aromatic nitrogens is 4. The van der Waals surface area contributed by atoms with Crippen molar-refractivity contribution in [2.45, 2.75) is 10.6 Å². The van der Waals surface area contributed by atoms with Gasteiger partial charge in [0.25, 0.3) is 0 Å². The maximum Gasteiger partial charge on any atom is 0.162 e. The van der Waals surface area contributed by atoms with Gasteiger partial charge in [0, 0.05) is 16.4 Å². The summed E-state index contributed by atoms with van der Waals surface area (Å²) in [4.78, 5) is 9.99. The second kappa shape index (κ2) is 5.71. The highest BCUT2D eigenvalue weighted by atomic mass is 79.9. The third-order valence-corrected chi connectivity index (χ3v) is 4.60. The van der Waals surface area contributed by atoms with Crippen LogP contribution in [0, 0.1) is 0 Å². The van der Waals surface area contributed by atoms with E-state index in [1.165, 1.54) is 0 Å². The maximum absolute atomic E-state index is 6.16. The summed E-state index contributed by atoms with van der Waals surface area (Å²) in [5.74, 6) is 1.38. The van der Waals surface area contributed by atoms with E-state index in [4.69, 9.17) is 11.6 Å². The first-order valence-electron chi connectivity index (χ1n) is 5.86. The molecule has 0 atom stereocenters. The SMILES string of the molecule is Cn1ncc2c(Cl)nc(CSc3ccc(Br)cc3)nc21. The number of aryl methyl sites for hydroxylation is 1. The Labute approximate surface area is 133 Å². The minimum Gasteiger partial charge on any atom is -0.250 e. The molecule has 2 aromatic heterocycles. The lowest BCUT2D eigenvalue weighted by Crippen LogP contribution is -1.98. The summed E-state index contributed by atoms with van der Waals surface area (Å²) in [6.45, 7) is 0. The van der Waals surface area contributed by atoms with E-state index in [-0.39, 0.29) is 0 Å². The van der Waals surface area contributed by atoms with Crippen LogP contribution >= 0.6 is 39.3 Å². The van der Waals surface area contributed by atoms with Crippen LogP contribution in [0.3, 0.4) is 0 Å². The lowest BCUT2D eigenvalue weighted by Gasteiger charge is -2.03. The van der Waals surface area contributed by atoms with Gasteiger partial charge in [0.2, 0.25) is 0 Å². The summed E-state index contributed by atoms with van der Waals surface area (Å²) in [6.07, 6.45) is 1.68. The van der Waals surface area contributed by atoms with Gasteiger partial charge >= 0.3 is 0 Å². The molecule has 0 spiro atoms. The topological polar surface area (TPSA) is 43.6 Å². The van der Waals surface area contributed by atoms with Gasteiger partial charge < -0.3 is 0 Å². The molecular weight excluding hydrogens is 360 g/mol. The number of hydrogen-bond donors (Lipinski definition) is 0. The molecule has 0 bridgehead atoms. The first-order chi connectivity index (χ1) is 9.63. The molecule has 3 rings (SSSR count). The molecule has 4 nitrogen and oxygen atoms in total. The van der Waals surface area contributed by atoms with Crippen molar-refractivity contribution in [1.29, 1.82) is 0 Å². The Morgan fingerprint density at radius 1 is 1.25 bits per heavy atom. The van der Waals surface area contributed by atoms with Crippen molar-refractivity contribution in [1.82, 2.24) is 19.7 Å². The number of nitrogens with zero attached hydrogens (tertiary/aromatic N) is 4. The van der Waals surface area contributed by atoms with Crippen LogP contribution in [0.4, 0.5) is 0 Å². The van der Waals surface area contributed by atoms with Crippen molar-refractivity contribution >= 4 is 50.3 Å². The Morgan fingerprint density at radius 2 is 2.00 bits per heavy atom. The molecule has 0 fully saturated rings. The fraction of sp³-hybridized carbons (Fsp3) is 0.154. The fourth-order valence-corrected chi connectivity index (χ4v) is 3.02. The van der Waals surface area contributed by atoms with E-state index >= 15 is 0 Å². The quantitative estimate of drug-likeness (QED) is 0.515. The lowest BCUT2D eigenvalue weighted by molar-refractivity contribution is 0.782. The summed E-state index contributed by atoms with van der Waals surface area (Å²) < 4.78 is 2.77. The van der Waals surface area contributed by atoms with Gasteiger partial charge in [-0.15, -0.1) is 11.8 Å². The number of benzene rings is 1. The number of halogens is 2. The van der Waals surface area contributed by atoms with Crippen LogP contribution in [0.1, 0.15) is 5.82 Å². The minimum atomic E-state index is 0.453. The highest BCUT2D eigenvalue weighted by molar-refractivity contribution is 9.10. The molecule has 0 aliphatic heterocycles. The molecule has 3 aromatic rings. The number of thioether (sulfide) groups is 1. The van der Waals surface area contributed by atoms with Gasteiger partial charge in [0.15, 0.2) is 5.65 Å². The molecule has 7 heteroatoms. The van der Waals surface area contributed by atoms with E-state index < -0.39 is 0 Å². The Bertz CT molecular complexity index is 757. The second-order valence-corrected chi connectivity index (χ2v) is 6.50. The standard InChI is InChI=1S/C13H10BrClN4S/c1-19-13-10(6-16-19)12(15)17-11(18-13)7-20-9-4-2-8(14)3-5-9/h2-6H,7H2,1H3. The number of fused-ring (bicyclic) bond motifs is 1. The number of hydrogen-bond acceptors (Lipinski definition) is 4. The summed E-state index contributed by atoms with van der Waals surface area (Å²) in [7, 11) is 1.84. The van der Waals surface area contributed by atoms with Crippen LogP contribution in [-0.4, -0.2) is 19.7 Å². The molecule has 0 unspecified atom stereocenters. The Hall–Kier alpha value is -1.11. The Balaban J connectivity index is 1.83. The Morgan fingerprint density at radius 3 is 2.75 bits per heavy atom. The second-order valence-electron chi connectivity index (χ2n) is 4.18. The molecular formula is C13H10BrClN4S. The Kier molecular flexibility index (Phi) is 3.96. The third kappa shape index (κ3) is 2.82. The highest BCUT2D eigenvalue weighted by Crippen LogP contribution is 2.25. The van der Waals surface area contributed by atoms with Gasteiger partial charge in [-0.05, 0) is 24.3 Å². The lowest BCUT2D eigenvalue weighted by atomic mass is 10.4. The summed E-state index contributed by atoms with van der Waals surface area (Å²) in [5, 5.41) is 5.38. The highest BCUT2D eigenvalue weighted by Gasteiger charge is 2.10. The molecule has 0 aliphatic rings. The van der Waals surface area contributed by atoms with Gasteiger partial charge in [-0.2, -0.15) is 5.10 Å². The first kappa shape index (κ1) is 13.9. The van der Waals surface area contributed by atoms with Crippen LogP contribution < -0.4 is 0 Å². The molecule has 2 heterocycles. The van der Waals surface area contributed by atoms with Crippen molar-refractivity contribution in [2.24, 2.45) is 7.05 Å². The van der Waals surface area contributed by atoms with Gasteiger partial charge in [-0.1, -0.05) is 27.5 Å². The number of rotatable bonds is 3. The average molecular weight is 370 g/mol. The van der Waals surface area contributed by atoms with E-state index in [1.54, 1.807) is 22.6 Å². The van der Waals surface area contributed by atoms with E-state index in [0.717, 1.165) is 20.4 Å². The average Bonchev–Trinajstić information content (AvgIpc) is 2.81. The normalized spacial score (nSPS) is 11.2. The predicted molar refractivity (Wildman–Crippen MR) is 85.0 cm³/mol. The van der Waals surface area contributed by atoms with Crippen LogP contribution in [0.25, 0.3) is 11.0 Å². The summed E-state index contributed by atoms with van der Waals surface area (Å²) >= 11 is 11.3. The van der Waals surface area contributed by atoms with Gasteiger partial charge in [0.1, 0.15) is 11.0 Å². The van der Waals surface area contributed by atoms with E-state index in [2.05, 4.69) is 43.1 Å². The van der Waals surface area contributed by atoms with Crippen molar-refractivity contribution < 1.29 is 0 Å². The molecule has 0 N–H and O–H groups in total. The molecule has 0 aliphatic carbocycles. The smallest absolute Gasteiger partial charge is 0.162 e. The summed E-state index contributed by atoms with van der Waals surface area (Å²) in [6, 6.07) is 8.14. The van der Waals surface area contributed by atoms with Gasteiger partial charge in [-0.3, -0.25) is 4.68 Å². The van der Waals surface area contributed by atoms with Crippen LogP contribution in [-0.2, 0) is 12.8 Å². The van der Waals surface area contributed by atoms with E-state index in [9.17, 15) is 0 Å². The maximum atomic E-state index is 6.16. The molecule has 0 saturated heterocycles. The van der Waals surface area contributed by atoms with Crippen molar-refractivity contribution in [2.75, 3.05) is 0 Å². The molecule has 1 aromatic carbocycles. The van der Waals surface area contributed by atoms with Crippen molar-refractivity contribution in [3.8, 4) is 0 Å². The predicted octanol–water partition coefficient (Wildman–Crippen LogP) is 4.07. The first-order valence-corrected chi connectivity index (χ1v) is 8.01. The fourth-order valence-electron chi connectivity index (χ4n) is 1.77.